The lowest BCUT2D eigenvalue weighted by Gasteiger charge is -2.10. The first kappa shape index (κ1) is 14.5. The molecule has 4 N–H and O–H groups in total. The summed E-state index contributed by atoms with van der Waals surface area (Å²) in [6.45, 7) is 0. The number of amides is 1. The highest BCUT2D eigenvalue weighted by Crippen LogP contribution is 2.23. The first-order valence-corrected chi connectivity index (χ1v) is 4.74. The van der Waals surface area contributed by atoms with Gasteiger partial charge in [0.05, 0.1) is 0 Å². The van der Waals surface area contributed by atoms with Gasteiger partial charge in [-0.3, -0.25) is 4.79 Å². The quantitative estimate of drug-likeness (QED) is 0.884. The van der Waals surface area contributed by atoms with Gasteiger partial charge in [-0.1, -0.05) is 23.2 Å². The van der Waals surface area contributed by atoms with Gasteiger partial charge in [0.15, 0.2) is 0 Å². The molecule has 6 heteroatoms. The van der Waals surface area contributed by atoms with E-state index in [4.69, 9.17) is 34.7 Å². The van der Waals surface area contributed by atoms with Crippen LogP contribution in [0, 0.1) is 0 Å². The minimum atomic E-state index is -0.455. The van der Waals surface area contributed by atoms with Crippen LogP contribution in [0.2, 0.25) is 10.0 Å². The molecule has 0 spiro atoms. The summed E-state index contributed by atoms with van der Waals surface area (Å²) in [4.78, 5) is 10.6. The van der Waals surface area contributed by atoms with Crippen LogP contribution >= 0.6 is 35.6 Å². The second-order valence-electron chi connectivity index (χ2n) is 2.98. The van der Waals surface area contributed by atoms with Crippen molar-refractivity contribution in [1.29, 1.82) is 0 Å². The Kier molecular flexibility index (Phi) is 5.98. The van der Waals surface area contributed by atoms with Gasteiger partial charge in [-0.05, 0) is 23.8 Å². The summed E-state index contributed by atoms with van der Waals surface area (Å²) in [5.74, 6) is -0.450. The second kappa shape index (κ2) is 6.18. The van der Waals surface area contributed by atoms with Crippen molar-refractivity contribution < 1.29 is 4.79 Å². The molecule has 0 aliphatic carbocycles. The highest BCUT2D eigenvalue weighted by Gasteiger charge is 2.10. The Bertz CT molecular complexity index is 337. The normalized spacial score (nSPS) is 11.7. The Morgan fingerprint density at radius 2 is 1.73 bits per heavy atom. The highest BCUT2D eigenvalue weighted by atomic mass is 35.5. The Balaban J connectivity index is 0.00000196. The van der Waals surface area contributed by atoms with E-state index in [0.717, 1.165) is 0 Å². The van der Waals surface area contributed by atoms with Gasteiger partial charge >= 0.3 is 0 Å². The minimum Gasteiger partial charge on any atom is -0.370 e. The van der Waals surface area contributed by atoms with Crippen molar-refractivity contribution in [1.82, 2.24) is 0 Å². The van der Waals surface area contributed by atoms with Gasteiger partial charge in [0, 0.05) is 22.5 Å². The van der Waals surface area contributed by atoms with E-state index in [2.05, 4.69) is 0 Å². The highest BCUT2D eigenvalue weighted by molar-refractivity contribution is 6.34. The Labute approximate surface area is 104 Å². The van der Waals surface area contributed by atoms with Crippen LogP contribution in [0.15, 0.2) is 18.2 Å². The zero-order chi connectivity index (χ0) is 10.7. The molecule has 0 unspecified atom stereocenters. The number of carbonyl (C=O) groups excluding carboxylic acids is 1. The molecule has 0 aliphatic rings. The predicted molar refractivity (Wildman–Crippen MR) is 64.4 cm³/mol. The van der Waals surface area contributed by atoms with Crippen molar-refractivity contribution in [2.75, 3.05) is 0 Å². The largest absolute Gasteiger partial charge is 0.370 e. The van der Waals surface area contributed by atoms with Gasteiger partial charge in [0.1, 0.15) is 0 Å². The molecule has 1 aromatic carbocycles. The molecule has 0 aromatic heterocycles. The Morgan fingerprint density at radius 3 is 2.13 bits per heavy atom. The number of primary amides is 1. The number of halogens is 3. The van der Waals surface area contributed by atoms with Crippen LogP contribution in [-0.4, -0.2) is 5.91 Å². The molecule has 1 amide bonds. The Morgan fingerprint density at radius 1 is 1.27 bits per heavy atom. The summed E-state index contributed by atoms with van der Waals surface area (Å²) in [6, 6.07) is 4.48. The summed E-state index contributed by atoms with van der Waals surface area (Å²) in [7, 11) is 0. The smallest absolute Gasteiger partial charge is 0.219 e. The van der Waals surface area contributed by atoms with Gasteiger partial charge in [-0.2, -0.15) is 0 Å². The molecule has 1 aromatic rings. The van der Waals surface area contributed by atoms with Crippen molar-refractivity contribution in [2.24, 2.45) is 11.5 Å². The predicted octanol–water partition coefficient (Wildman–Crippen LogP) is 2.29. The molecule has 0 heterocycles. The second-order valence-corrected chi connectivity index (χ2v) is 3.85. The molecule has 0 fully saturated rings. The third kappa shape index (κ3) is 4.71. The lowest BCUT2D eigenvalue weighted by molar-refractivity contribution is -0.118. The number of nitrogens with two attached hydrogens (primary N) is 2. The summed E-state index contributed by atoms with van der Waals surface area (Å²) < 4.78 is 0. The third-order valence-corrected chi connectivity index (χ3v) is 2.17. The molecular weight excluding hydrogens is 258 g/mol. The first-order chi connectivity index (χ1) is 6.49. The molecule has 0 bridgehead atoms. The fourth-order valence-corrected chi connectivity index (χ4v) is 1.67. The molecule has 15 heavy (non-hydrogen) atoms. The van der Waals surface area contributed by atoms with Gasteiger partial charge in [-0.15, -0.1) is 12.4 Å². The molecule has 1 atom stereocenters. The van der Waals surface area contributed by atoms with Gasteiger partial charge < -0.3 is 11.5 Å². The standard InChI is InChI=1S/C9H10Cl2N2O.ClH/c10-6-1-5(2-7(11)3-6)8(12)4-9(13)14;/h1-3,8H,4,12H2,(H2,13,14);1H/t8-;/m0./s1. The molecule has 0 aliphatic heterocycles. The average Bonchev–Trinajstić information content (AvgIpc) is 2.00. The van der Waals surface area contributed by atoms with E-state index in [1.165, 1.54) is 0 Å². The summed E-state index contributed by atoms with van der Waals surface area (Å²) in [5.41, 5.74) is 11.4. The Hall–Kier alpha value is -0.480. The zero-order valence-electron chi connectivity index (χ0n) is 7.74. The summed E-state index contributed by atoms with van der Waals surface area (Å²) in [5, 5.41) is 0.986. The van der Waals surface area contributed by atoms with Gasteiger partial charge in [-0.25, -0.2) is 0 Å². The van der Waals surface area contributed by atoms with E-state index in [9.17, 15) is 4.79 Å². The molecule has 3 nitrogen and oxygen atoms in total. The number of hydrogen-bond donors (Lipinski definition) is 2. The van der Waals surface area contributed by atoms with Crippen molar-refractivity contribution in [3.63, 3.8) is 0 Å². The van der Waals surface area contributed by atoms with E-state index in [0.29, 0.717) is 15.6 Å². The minimum absolute atomic E-state index is 0. The van der Waals surface area contributed by atoms with E-state index in [-0.39, 0.29) is 18.8 Å². The first-order valence-electron chi connectivity index (χ1n) is 3.99. The maximum atomic E-state index is 10.6. The molecular formula is C9H11Cl3N2O. The third-order valence-electron chi connectivity index (χ3n) is 1.73. The van der Waals surface area contributed by atoms with E-state index >= 15 is 0 Å². The maximum absolute atomic E-state index is 10.6. The van der Waals surface area contributed by atoms with Crippen LogP contribution in [0.5, 0.6) is 0 Å². The molecule has 0 saturated carbocycles. The zero-order valence-corrected chi connectivity index (χ0v) is 10.1. The van der Waals surface area contributed by atoms with E-state index < -0.39 is 11.9 Å². The number of carbonyl (C=O) groups is 1. The molecule has 0 radical (unpaired) electrons. The number of rotatable bonds is 3. The van der Waals surface area contributed by atoms with Crippen LogP contribution in [0.3, 0.4) is 0 Å². The van der Waals surface area contributed by atoms with Crippen LogP contribution in [0.1, 0.15) is 18.0 Å². The van der Waals surface area contributed by atoms with Crippen molar-refractivity contribution in [3.05, 3.63) is 33.8 Å². The van der Waals surface area contributed by atoms with Crippen molar-refractivity contribution >= 4 is 41.5 Å². The lowest BCUT2D eigenvalue weighted by Crippen LogP contribution is -2.20. The van der Waals surface area contributed by atoms with Crippen LogP contribution < -0.4 is 11.5 Å². The number of benzene rings is 1. The molecule has 1 rings (SSSR count). The monoisotopic (exact) mass is 268 g/mol. The average molecular weight is 270 g/mol. The summed E-state index contributed by atoms with van der Waals surface area (Å²) in [6.07, 6.45) is 0.0800. The molecule has 84 valence electrons. The topological polar surface area (TPSA) is 69.1 Å². The SMILES string of the molecule is Cl.NC(=O)C[C@H](N)c1cc(Cl)cc(Cl)c1. The molecule has 0 saturated heterocycles. The number of hydrogen-bond acceptors (Lipinski definition) is 2. The van der Waals surface area contributed by atoms with Crippen LogP contribution in [0.4, 0.5) is 0 Å². The van der Waals surface area contributed by atoms with Gasteiger partial charge in [0.25, 0.3) is 0 Å². The van der Waals surface area contributed by atoms with Crippen molar-refractivity contribution in [3.8, 4) is 0 Å². The maximum Gasteiger partial charge on any atom is 0.219 e. The summed E-state index contributed by atoms with van der Waals surface area (Å²) >= 11 is 11.5. The van der Waals surface area contributed by atoms with Crippen LogP contribution in [-0.2, 0) is 4.79 Å². The van der Waals surface area contributed by atoms with E-state index in [1.54, 1.807) is 18.2 Å². The van der Waals surface area contributed by atoms with E-state index in [1.807, 2.05) is 0 Å². The lowest BCUT2D eigenvalue weighted by atomic mass is 10.0. The fraction of sp³-hybridized carbons (Fsp3) is 0.222. The van der Waals surface area contributed by atoms with Gasteiger partial charge in [0.2, 0.25) is 5.91 Å². The fourth-order valence-electron chi connectivity index (χ4n) is 1.12. The van der Waals surface area contributed by atoms with Crippen molar-refractivity contribution in [2.45, 2.75) is 12.5 Å². The van der Waals surface area contributed by atoms with Crippen LogP contribution in [0.25, 0.3) is 0 Å².